The van der Waals surface area contributed by atoms with Crippen molar-refractivity contribution in [3.8, 4) is 16.8 Å². The van der Waals surface area contributed by atoms with Crippen LogP contribution in [0.5, 0.6) is 0 Å². The standard InChI is InChI=1S/C44H36BClN2Si/c1-49(2)42-18-10-17-40-44(42)45(37-26-22-31(46)28-43(37)49)36-25-21-30(27-41(36)48(40)32-11-4-3-5-12-32)29-19-23-33(24-20-29)47-38-15-8-6-13-34(38)35-14-7-9-16-39(35)47/h3-6,8,10-13,15,17-28H,7,9,14,16H2,1-2H3. The number of aromatic nitrogens is 1. The Morgan fingerprint density at radius 1 is 0.612 bits per heavy atom. The van der Waals surface area contributed by atoms with Crippen molar-refractivity contribution in [1.82, 2.24) is 4.57 Å². The van der Waals surface area contributed by atoms with E-state index in [2.05, 4.69) is 156 Å². The molecule has 3 aliphatic rings. The molecule has 0 atom stereocenters. The van der Waals surface area contributed by atoms with Gasteiger partial charge < -0.3 is 9.47 Å². The molecule has 0 saturated carbocycles. The Labute approximate surface area is 294 Å². The van der Waals surface area contributed by atoms with E-state index in [9.17, 15) is 0 Å². The topological polar surface area (TPSA) is 8.17 Å². The molecule has 10 rings (SSSR count). The maximum absolute atomic E-state index is 6.68. The molecule has 0 saturated heterocycles. The normalized spacial score (nSPS) is 15.4. The van der Waals surface area contributed by atoms with Crippen LogP contribution in [-0.4, -0.2) is 19.4 Å². The third-order valence-corrected chi connectivity index (χ3v) is 15.3. The van der Waals surface area contributed by atoms with E-state index in [0.717, 1.165) is 11.4 Å². The summed E-state index contributed by atoms with van der Waals surface area (Å²) < 4.78 is 2.52. The summed E-state index contributed by atoms with van der Waals surface area (Å²) in [5.41, 5.74) is 16.0. The first-order valence-corrected chi connectivity index (χ1v) is 21.0. The van der Waals surface area contributed by atoms with E-state index in [-0.39, 0.29) is 6.71 Å². The summed E-state index contributed by atoms with van der Waals surface area (Å²) in [5.74, 6) is 0. The number of hydrogen-bond acceptors (Lipinski definition) is 1. The van der Waals surface area contributed by atoms with Crippen LogP contribution in [0.2, 0.25) is 18.1 Å². The number of fused-ring (bicyclic) bond motifs is 7. The van der Waals surface area contributed by atoms with Gasteiger partial charge in [0.25, 0.3) is 0 Å². The molecule has 1 aromatic heterocycles. The zero-order chi connectivity index (χ0) is 32.9. The molecule has 0 N–H and O–H groups in total. The molecule has 0 radical (unpaired) electrons. The average Bonchev–Trinajstić information content (AvgIpc) is 3.48. The van der Waals surface area contributed by atoms with Crippen molar-refractivity contribution >= 4 is 81.1 Å². The van der Waals surface area contributed by atoms with E-state index >= 15 is 0 Å². The maximum Gasteiger partial charge on any atom is 0.246 e. The maximum atomic E-state index is 6.68. The smallest absolute Gasteiger partial charge is 0.246 e. The molecule has 236 valence electrons. The van der Waals surface area contributed by atoms with E-state index in [1.807, 2.05) is 0 Å². The fourth-order valence-electron chi connectivity index (χ4n) is 9.28. The zero-order valence-electron chi connectivity index (χ0n) is 27.9. The van der Waals surface area contributed by atoms with Gasteiger partial charge in [-0.2, -0.15) is 0 Å². The number of hydrogen-bond donors (Lipinski definition) is 0. The van der Waals surface area contributed by atoms with Crippen LogP contribution in [0, 0.1) is 0 Å². The quantitative estimate of drug-likeness (QED) is 0.172. The lowest BCUT2D eigenvalue weighted by Crippen LogP contribution is -2.78. The van der Waals surface area contributed by atoms with Crippen molar-refractivity contribution in [3.63, 3.8) is 0 Å². The summed E-state index contributed by atoms with van der Waals surface area (Å²) in [6.07, 6.45) is 4.86. The van der Waals surface area contributed by atoms with Gasteiger partial charge in [0.05, 0.1) is 5.52 Å². The van der Waals surface area contributed by atoms with Crippen LogP contribution >= 0.6 is 11.6 Å². The number of rotatable bonds is 3. The van der Waals surface area contributed by atoms with Crippen LogP contribution in [0.25, 0.3) is 27.7 Å². The van der Waals surface area contributed by atoms with Crippen LogP contribution in [-0.2, 0) is 12.8 Å². The molecule has 6 aromatic carbocycles. The first-order valence-electron chi connectivity index (χ1n) is 17.6. The monoisotopic (exact) mass is 666 g/mol. The minimum atomic E-state index is -2.00. The van der Waals surface area contributed by atoms with E-state index in [0.29, 0.717) is 0 Å². The van der Waals surface area contributed by atoms with Crippen molar-refractivity contribution in [2.24, 2.45) is 0 Å². The van der Waals surface area contributed by atoms with Gasteiger partial charge in [-0.15, -0.1) is 0 Å². The van der Waals surface area contributed by atoms with Gasteiger partial charge in [-0.25, -0.2) is 0 Å². The molecule has 0 amide bonds. The van der Waals surface area contributed by atoms with Crippen LogP contribution < -0.4 is 31.7 Å². The Morgan fingerprint density at radius 2 is 1.37 bits per heavy atom. The van der Waals surface area contributed by atoms with Crippen LogP contribution in [0.4, 0.5) is 17.1 Å². The third kappa shape index (κ3) is 4.27. The van der Waals surface area contributed by atoms with Gasteiger partial charge in [0, 0.05) is 38.9 Å². The molecule has 7 aromatic rings. The number of benzene rings is 6. The largest absolute Gasteiger partial charge is 0.313 e. The second-order valence-corrected chi connectivity index (χ2v) is 19.3. The Hall–Kier alpha value is -4.77. The molecular weight excluding hydrogens is 631 g/mol. The van der Waals surface area contributed by atoms with E-state index in [4.69, 9.17) is 11.6 Å². The number of halogens is 1. The summed E-state index contributed by atoms with van der Waals surface area (Å²) in [6.45, 7) is 5.13. The average molecular weight is 667 g/mol. The third-order valence-electron chi connectivity index (χ3n) is 11.5. The molecular formula is C44H36BClN2Si. The predicted molar refractivity (Wildman–Crippen MR) is 213 cm³/mol. The Balaban J connectivity index is 1.14. The lowest BCUT2D eigenvalue weighted by atomic mass is 9.34. The Kier molecular flexibility index (Phi) is 6.47. The van der Waals surface area contributed by atoms with E-state index in [1.54, 1.807) is 5.56 Å². The van der Waals surface area contributed by atoms with Crippen LogP contribution in [0.1, 0.15) is 24.1 Å². The van der Waals surface area contributed by atoms with Crippen LogP contribution in [0.15, 0.2) is 133 Å². The van der Waals surface area contributed by atoms with Crippen LogP contribution in [0.3, 0.4) is 0 Å². The van der Waals surface area contributed by atoms with Crippen molar-refractivity contribution in [2.75, 3.05) is 4.90 Å². The minimum Gasteiger partial charge on any atom is -0.313 e. The highest BCUT2D eigenvalue weighted by molar-refractivity contribution is 7.15. The minimum absolute atomic E-state index is 0.165. The molecule has 3 heterocycles. The van der Waals surface area contributed by atoms with Gasteiger partial charge in [0.15, 0.2) is 0 Å². The van der Waals surface area contributed by atoms with Gasteiger partial charge in [0.1, 0.15) is 8.07 Å². The highest BCUT2D eigenvalue weighted by Gasteiger charge is 2.46. The summed E-state index contributed by atoms with van der Waals surface area (Å²) in [6, 6.07) is 49.9. The molecule has 1 aliphatic carbocycles. The molecule has 0 unspecified atom stereocenters. The molecule has 5 heteroatoms. The van der Waals surface area contributed by atoms with E-state index in [1.165, 1.54) is 96.5 Å². The lowest BCUT2D eigenvalue weighted by Gasteiger charge is -2.44. The Bertz CT molecular complexity index is 2450. The molecule has 49 heavy (non-hydrogen) atoms. The highest BCUT2D eigenvalue weighted by Crippen LogP contribution is 2.39. The summed E-state index contributed by atoms with van der Waals surface area (Å²) in [7, 11) is -2.00. The van der Waals surface area contributed by atoms with Gasteiger partial charge in [0.2, 0.25) is 6.71 Å². The second-order valence-electron chi connectivity index (χ2n) is 14.5. The predicted octanol–water partition coefficient (Wildman–Crippen LogP) is 8.27. The molecule has 2 nitrogen and oxygen atoms in total. The number of aryl methyl sites for hydroxylation is 1. The molecule has 0 spiro atoms. The number of anilines is 3. The highest BCUT2D eigenvalue weighted by atomic mass is 35.5. The van der Waals surface area contributed by atoms with Gasteiger partial charge in [-0.05, 0) is 108 Å². The van der Waals surface area contributed by atoms with Gasteiger partial charge in [-0.1, -0.05) is 119 Å². The first kappa shape index (κ1) is 29.2. The molecule has 0 bridgehead atoms. The number of nitrogens with zero attached hydrogens (tertiary/aromatic N) is 2. The molecule has 0 fully saturated rings. The lowest BCUT2D eigenvalue weighted by molar-refractivity contribution is 0.667. The van der Waals surface area contributed by atoms with Crippen molar-refractivity contribution in [1.29, 1.82) is 0 Å². The first-order chi connectivity index (χ1) is 24.0. The SMILES string of the molecule is C[Si]1(C)c2cc(Cl)ccc2B2c3ccc(-c4ccc(-n5c6c(c7ccccc75)CCCC6)cc4)cc3N(c3ccccc3)c3cccc1c32. The summed E-state index contributed by atoms with van der Waals surface area (Å²) in [4.78, 5) is 2.51. The van der Waals surface area contributed by atoms with Crippen molar-refractivity contribution in [3.05, 3.63) is 150 Å². The second kappa shape index (κ2) is 10.9. The van der Waals surface area contributed by atoms with Crippen molar-refractivity contribution < 1.29 is 0 Å². The summed E-state index contributed by atoms with van der Waals surface area (Å²) >= 11 is 6.68. The summed E-state index contributed by atoms with van der Waals surface area (Å²) in [5, 5.41) is 5.20. The fourth-order valence-corrected chi connectivity index (χ4v) is 12.8. The van der Waals surface area contributed by atoms with Gasteiger partial charge in [-0.3, -0.25) is 0 Å². The van der Waals surface area contributed by atoms with Gasteiger partial charge >= 0.3 is 0 Å². The molecule has 2 aliphatic heterocycles. The fraction of sp³-hybridized carbons (Fsp3) is 0.136. The number of para-hydroxylation sites is 2. The van der Waals surface area contributed by atoms with Crippen molar-refractivity contribution in [2.45, 2.75) is 38.8 Å². The zero-order valence-corrected chi connectivity index (χ0v) is 29.6. The van der Waals surface area contributed by atoms with E-state index < -0.39 is 8.07 Å². The Morgan fingerprint density at radius 3 is 2.22 bits per heavy atom.